The lowest BCUT2D eigenvalue weighted by Crippen LogP contribution is -1.84. The second-order valence-corrected chi connectivity index (χ2v) is 3.10. The molecule has 0 aliphatic carbocycles. The molecule has 0 unspecified atom stereocenters. The fraction of sp³-hybridized carbons (Fsp3) is 0.462. The third-order valence-electron chi connectivity index (χ3n) is 1.83. The number of hydrogen-bond donors (Lipinski definition) is 0. The van der Waals surface area contributed by atoms with E-state index in [2.05, 4.69) is 29.0 Å². The van der Waals surface area contributed by atoms with Gasteiger partial charge in [-0.15, -0.1) is 0 Å². The standard InChI is InChI=1S/C13H20O2/c1-2-3-4-5-6-7-8-9-10-11-12-15-13-14/h2-3,6-7,10-11,13H,4-5,8-9,12H2,1H3. The highest BCUT2D eigenvalue weighted by molar-refractivity contribution is 5.37. The number of ether oxygens (including phenoxy) is 1. The summed E-state index contributed by atoms with van der Waals surface area (Å²) < 4.78 is 4.51. The Morgan fingerprint density at radius 2 is 1.40 bits per heavy atom. The lowest BCUT2D eigenvalue weighted by Gasteiger charge is -1.90. The summed E-state index contributed by atoms with van der Waals surface area (Å²) >= 11 is 0. The predicted octanol–water partition coefficient (Wildman–Crippen LogP) is 3.41. The Morgan fingerprint density at radius 3 is 1.93 bits per heavy atom. The molecule has 0 aromatic heterocycles. The van der Waals surface area contributed by atoms with Crippen LogP contribution in [0.2, 0.25) is 0 Å². The number of allylic oxidation sites excluding steroid dienone is 5. The van der Waals surface area contributed by atoms with Gasteiger partial charge < -0.3 is 4.74 Å². The lowest BCUT2D eigenvalue weighted by atomic mass is 10.2. The Hall–Kier alpha value is -1.31. The largest absolute Gasteiger partial charge is 0.464 e. The lowest BCUT2D eigenvalue weighted by molar-refractivity contribution is -0.127. The van der Waals surface area contributed by atoms with E-state index in [0.29, 0.717) is 13.1 Å². The monoisotopic (exact) mass is 208 g/mol. The summed E-state index contributed by atoms with van der Waals surface area (Å²) in [5.41, 5.74) is 0. The van der Waals surface area contributed by atoms with E-state index in [1.54, 1.807) is 0 Å². The Kier molecular flexibility index (Phi) is 11.6. The first kappa shape index (κ1) is 13.7. The van der Waals surface area contributed by atoms with Crippen molar-refractivity contribution in [1.82, 2.24) is 0 Å². The fourth-order valence-corrected chi connectivity index (χ4v) is 1.07. The van der Waals surface area contributed by atoms with Crippen LogP contribution >= 0.6 is 0 Å². The first-order valence-electron chi connectivity index (χ1n) is 5.38. The van der Waals surface area contributed by atoms with E-state index in [-0.39, 0.29) is 0 Å². The molecule has 0 spiro atoms. The van der Waals surface area contributed by atoms with Crippen molar-refractivity contribution in [3.05, 3.63) is 36.5 Å². The van der Waals surface area contributed by atoms with Crippen molar-refractivity contribution in [2.45, 2.75) is 32.6 Å². The van der Waals surface area contributed by atoms with E-state index in [0.717, 1.165) is 25.7 Å². The van der Waals surface area contributed by atoms with Crippen molar-refractivity contribution in [2.24, 2.45) is 0 Å². The van der Waals surface area contributed by atoms with Crippen LogP contribution in [0.4, 0.5) is 0 Å². The third-order valence-corrected chi connectivity index (χ3v) is 1.83. The molecule has 0 amide bonds. The predicted molar refractivity (Wildman–Crippen MR) is 63.6 cm³/mol. The molecule has 0 rings (SSSR count). The molecule has 0 saturated carbocycles. The molecule has 0 N–H and O–H groups in total. The summed E-state index contributed by atoms with van der Waals surface area (Å²) in [6, 6.07) is 0. The molecule has 0 bridgehead atoms. The molecule has 84 valence electrons. The zero-order valence-corrected chi connectivity index (χ0v) is 9.39. The number of carbonyl (C=O) groups is 1. The van der Waals surface area contributed by atoms with Crippen LogP contribution in [0.1, 0.15) is 32.6 Å². The number of hydrogen-bond acceptors (Lipinski definition) is 2. The van der Waals surface area contributed by atoms with Crippen LogP contribution in [0.3, 0.4) is 0 Å². The maximum absolute atomic E-state index is 9.79. The van der Waals surface area contributed by atoms with Gasteiger partial charge in [0, 0.05) is 0 Å². The van der Waals surface area contributed by atoms with E-state index in [9.17, 15) is 4.79 Å². The molecule has 0 aromatic rings. The molecule has 0 atom stereocenters. The second-order valence-electron chi connectivity index (χ2n) is 3.10. The van der Waals surface area contributed by atoms with Crippen LogP contribution in [-0.4, -0.2) is 13.1 Å². The van der Waals surface area contributed by atoms with Gasteiger partial charge in [0.2, 0.25) is 0 Å². The quantitative estimate of drug-likeness (QED) is 0.330. The molecule has 0 aliphatic rings. The SMILES string of the molecule is CC=CCCC=CCCC=CCOC=O. The average molecular weight is 208 g/mol. The fourth-order valence-electron chi connectivity index (χ4n) is 1.07. The highest BCUT2D eigenvalue weighted by Gasteiger charge is 1.79. The molecule has 15 heavy (non-hydrogen) atoms. The maximum Gasteiger partial charge on any atom is 0.293 e. The van der Waals surface area contributed by atoms with Gasteiger partial charge in [0.25, 0.3) is 6.47 Å². The van der Waals surface area contributed by atoms with E-state index in [1.165, 1.54) is 0 Å². The summed E-state index contributed by atoms with van der Waals surface area (Å²) in [4.78, 5) is 9.79. The minimum atomic E-state index is 0.383. The van der Waals surface area contributed by atoms with Gasteiger partial charge in [0.1, 0.15) is 6.61 Å². The first-order chi connectivity index (χ1) is 7.41. The molecule has 0 aliphatic heterocycles. The molecule has 0 aromatic carbocycles. The minimum absolute atomic E-state index is 0.383. The van der Waals surface area contributed by atoms with E-state index < -0.39 is 0 Å². The van der Waals surface area contributed by atoms with E-state index in [1.807, 2.05) is 19.1 Å². The van der Waals surface area contributed by atoms with Crippen molar-refractivity contribution in [3.8, 4) is 0 Å². The highest BCUT2D eigenvalue weighted by Crippen LogP contribution is 1.97. The van der Waals surface area contributed by atoms with Gasteiger partial charge in [-0.25, -0.2) is 0 Å². The summed E-state index contributed by atoms with van der Waals surface area (Å²) in [7, 11) is 0. The highest BCUT2D eigenvalue weighted by atomic mass is 16.5. The molecular formula is C13H20O2. The second kappa shape index (κ2) is 12.7. The molecule has 2 heteroatoms. The van der Waals surface area contributed by atoms with Gasteiger partial charge in [-0.1, -0.05) is 36.5 Å². The summed E-state index contributed by atoms with van der Waals surface area (Å²) in [5, 5.41) is 0. The molecular weight excluding hydrogens is 188 g/mol. The van der Waals surface area contributed by atoms with Crippen molar-refractivity contribution < 1.29 is 9.53 Å². The summed E-state index contributed by atoms with van der Waals surface area (Å²) in [6.07, 6.45) is 16.8. The van der Waals surface area contributed by atoms with Gasteiger partial charge in [0.05, 0.1) is 0 Å². The minimum Gasteiger partial charge on any atom is -0.464 e. The van der Waals surface area contributed by atoms with Crippen molar-refractivity contribution in [1.29, 1.82) is 0 Å². The van der Waals surface area contributed by atoms with Crippen molar-refractivity contribution in [2.75, 3.05) is 6.61 Å². The Bertz CT molecular complexity index is 215. The Morgan fingerprint density at radius 1 is 0.867 bits per heavy atom. The number of unbranched alkanes of at least 4 members (excludes halogenated alkanes) is 2. The maximum atomic E-state index is 9.79. The topological polar surface area (TPSA) is 26.3 Å². The van der Waals surface area contributed by atoms with Crippen LogP contribution in [-0.2, 0) is 9.53 Å². The molecule has 0 fully saturated rings. The van der Waals surface area contributed by atoms with Gasteiger partial charge in [-0.05, 0) is 32.6 Å². The summed E-state index contributed by atoms with van der Waals surface area (Å²) in [5.74, 6) is 0. The molecule has 0 heterocycles. The van der Waals surface area contributed by atoms with Crippen LogP contribution < -0.4 is 0 Å². The van der Waals surface area contributed by atoms with Crippen LogP contribution in [0, 0.1) is 0 Å². The molecule has 0 saturated heterocycles. The average Bonchev–Trinajstić information content (AvgIpc) is 2.26. The smallest absolute Gasteiger partial charge is 0.293 e. The van der Waals surface area contributed by atoms with Crippen molar-refractivity contribution >= 4 is 6.47 Å². The zero-order valence-electron chi connectivity index (χ0n) is 9.39. The zero-order chi connectivity index (χ0) is 11.2. The van der Waals surface area contributed by atoms with Crippen LogP contribution in [0.15, 0.2) is 36.5 Å². The third kappa shape index (κ3) is 12.7. The van der Waals surface area contributed by atoms with E-state index >= 15 is 0 Å². The van der Waals surface area contributed by atoms with Crippen molar-refractivity contribution in [3.63, 3.8) is 0 Å². The van der Waals surface area contributed by atoms with Gasteiger partial charge >= 0.3 is 0 Å². The normalized spacial score (nSPS) is 11.8. The Balaban J connectivity index is 3.22. The van der Waals surface area contributed by atoms with Gasteiger partial charge in [-0.3, -0.25) is 4.79 Å². The van der Waals surface area contributed by atoms with Crippen LogP contribution in [0.25, 0.3) is 0 Å². The summed E-state index contributed by atoms with van der Waals surface area (Å²) in [6.45, 7) is 2.88. The van der Waals surface area contributed by atoms with Gasteiger partial charge in [0.15, 0.2) is 0 Å². The number of carbonyl (C=O) groups excluding carboxylic acids is 1. The number of rotatable bonds is 9. The molecule has 2 nitrogen and oxygen atoms in total. The Labute approximate surface area is 92.3 Å². The first-order valence-corrected chi connectivity index (χ1v) is 5.38. The van der Waals surface area contributed by atoms with E-state index in [4.69, 9.17) is 0 Å². The van der Waals surface area contributed by atoms with Gasteiger partial charge in [-0.2, -0.15) is 0 Å². The molecule has 0 radical (unpaired) electrons. The van der Waals surface area contributed by atoms with Crippen LogP contribution in [0.5, 0.6) is 0 Å².